The summed E-state index contributed by atoms with van der Waals surface area (Å²) in [6, 6.07) is 10.3. The van der Waals surface area contributed by atoms with Crippen molar-refractivity contribution in [2.75, 3.05) is 0 Å². The Bertz CT molecular complexity index is 525. The van der Waals surface area contributed by atoms with E-state index in [1.54, 1.807) is 0 Å². The molecular weight excluding hydrogens is 268 g/mol. The summed E-state index contributed by atoms with van der Waals surface area (Å²) < 4.78 is 24.6. The fourth-order valence-electron chi connectivity index (χ4n) is 4.15. The summed E-state index contributed by atoms with van der Waals surface area (Å²) in [7, 11) is 0. The van der Waals surface area contributed by atoms with Crippen molar-refractivity contribution < 1.29 is 18.9 Å². The third-order valence-corrected chi connectivity index (χ3v) is 5.23. The van der Waals surface area contributed by atoms with Crippen molar-refractivity contribution in [3.63, 3.8) is 0 Å². The molecule has 4 aliphatic rings. The number of rotatable bonds is 1. The fraction of sp³-hybridized carbons (Fsp3) is 0.647. The molecule has 3 aliphatic heterocycles. The molecule has 5 rings (SSSR count). The topological polar surface area (TPSA) is 36.9 Å². The van der Waals surface area contributed by atoms with Crippen LogP contribution in [0.4, 0.5) is 0 Å². The Kier molecular flexibility index (Phi) is 2.71. The normalized spacial score (nSPS) is 43.3. The minimum Gasteiger partial charge on any atom is -0.362 e. The molecule has 4 fully saturated rings. The van der Waals surface area contributed by atoms with E-state index in [9.17, 15) is 0 Å². The van der Waals surface area contributed by atoms with Crippen molar-refractivity contribution in [1.29, 1.82) is 0 Å². The van der Waals surface area contributed by atoms with Gasteiger partial charge in [-0.2, -0.15) is 0 Å². The first kappa shape index (κ1) is 12.6. The van der Waals surface area contributed by atoms with Crippen LogP contribution in [0.5, 0.6) is 0 Å². The Morgan fingerprint density at radius 3 is 2.43 bits per heavy atom. The van der Waals surface area contributed by atoms with Gasteiger partial charge in [0.2, 0.25) is 0 Å². The Morgan fingerprint density at radius 2 is 1.62 bits per heavy atom. The maximum atomic E-state index is 6.26. The van der Waals surface area contributed by atoms with E-state index in [2.05, 4.69) is 12.1 Å². The second-order valence-corrected chi connectivity index (χ2v) is 6.57. The summed E-state index contributed by atoms with van der Waals surface area (Å²) in [6.45, 7) is 0. The van der Waals surface area contributed by atoms with Gasteiger partial charge in [-0.3, -0.25) is 0 Å². The largest absolute Gasteiger partial charge is 0.362 e. The zero-order valence-corrected chi connectivity index (χ0v) is 11.9. The number of hydrogen-bond acceptors (Lipinski definition) is 4. The first-order valence-electron chi connectivity index (χ1n) is 8.06. The molecule has 0 unspecified atom stereocenters. The Balaban J connectivity index is 1.31. The first-order valence-corrected chi connectivity index (χ1v) is 8.06. The minimum absolute atomic E-state index is 0.0244. The molecule has 0 N–H and O–H groups in total. The highest BCUT2D eigenvalue weighted by atomic mass is 16.9. The smallest absolute Gasteiger partial charge is 0.190 e. The summed E-state index contributed by atoms with van der Waals surface area (Å²) in [4.78, 5) is 0. The second-order valence-electron chi connectivity index (χ2n) is 6.57. The fourth-order valence-corrected chi connectivity index (χ4v) is 4.15. The average Bonchev–Trinajstić information content (AvgIpc) is 2.94. The molecule has 5 atom stereocenters. The van der Waals surface area contributed by atoms with Gasteiger partial charge in [-0.25, -0.2) is 0 Å². The molecule has 1 spiro atoms. The van der Waals surface area contributed by atoms with E-state index < -0.39 is 0 Å². The molecule has 3 saturated heterocycles. The second kappa shape index (κ2) is 4.53. The molecule has 4 nitrogen and oxygen atoms in total. The van der Waals surface area contributed by atoms with E-state index >= 15 is 0 Å². The highest BCUT2D eigenvalue weighted by Crippen LogP contribution is 2.52. The lowest BCUT2D eigenvalue weighted by Gasteiger charge is -2.42. The standard InChI is InChI=1S/C17H20O4/c1-3-7-11(8-4-1)12-13-14(18-12)15-16(19-13)21-17(20-15)9-5-2-6-10-17/h1,3-4,7-8,12-16H,2,5-6,9-10H2/t12-,13-,14+,15-,16-/m1/s1. The van der Waals surface area contributed by atoms with Crippen LogP contribution in [0.25, 0.3) is 0 Å². The Hall–Kier alpha value is -0.940. The quantitative estimate of drug-likeness (QED) is 0.796. The van der Waals surface area contributed by atoms with E-state index in [1.807, 2.05) is 18.2 Å². The van der Waals surface area contributed by atoms with Crippen LogP contribution < -0.4 is 0 Å². The van der Waals surface area contributed by atoms with Gasteiger partial charge in [0.25, 0.3) is 0 Å². The van der Waals surface area contributed by atoms with Crippen LogP contribution in [-0.2, 0) is 18.9 Å². The maximum Gasteiger partial charge on any atom is 0.190 e. The summed E-state index contributed by atoms with van der Waals surface area (Å²) in [6.07, 6.45) is 5.46. The summed E-state index contributed by atoms with van der Waals surface area (Å²) in [5, 5.41) is 0. The van der Waals surface area contributed by atoms with Crippen LogP contribution in [0.3, 0.4) is 0 Å². The van der Waals surface area contributed by atoms with Crippen LogP contribution in [-0.4, -0.2) is 30.4 Å². The minimum atomic E-state index is -0.389. The average molecular weight is 288 g/mol. The van der Waals surface area contributed by atoms with Crippen molar-refractivity contribution in [2.45, 2.75) is 68.6 Å². The summed E-state index contributed by atoms with van der Waals surface area (Å²) >= 11 is 0. The third kappa shape index (κ3) is 1.83. The van der Waals surface area contributed by atoms with E-state index in [1.165, 1.54) is 24.8 Å². The molecule has 0 bridgehead atoms. The van der Waals surface area contributed by atoms with Crippen molar-refractivity contribution in [3.05, 3.63) is 35.9 Å². The van der Waals surface area contributed by atoms with Gasteiger partial charge in [-0.15, -0.1) is 0 Å². The Morgan fingerprint density at radius 1 is 0.810 bits per heavy atom. The van der Waals surface area contributed by atoms with Crippen molar-refractivity contribution in [1.82, 2.24) is 0 Å². The van der Waals surface area contributed by atoms with E-state index in [0.717, 1.165) is 12.8 Å². The van der Waals surface area contributed by atoms with Crippen LogP contribution >= 0.6 is 0 Å². The molecule has 1 aromatic carbocycles. The zero-order chi connectivity index (χ0) is 13.9. The monoisotopic (exact) mass is 288 g/mol. The molecule has 1 aromatic rings. The van der Waals surface area contributed by atoms with E-state index in [-0.39, 0.29) is 36.5 Å². The molecule has 0 aromatic heterocycles. The van der Waals surface area contributed by atoms with Crippen molar-refractivity contribution >= 4 is 0 Å². The van der Waals surface area contributed by atoms with Crippen LogP contribution in [0.15, 0.2) is 30.3 Å². The van der Waals surface area contributed by atoms with Crippen LogP contribution in [0, 0.1) is 0 Å². The molecule has 21 heavy (non-hydrogen) atoms. The van der Waals surface area contributed by atoms with Gasteiger partial charge in [-0.1, -0.05) is 36.8 Å². The first-order chi connectivity index (χ1) is 10.3. The summed E-state index contributed by atoms with van der Waals surface area (Å²) in [5.74, 6) is -0.389. The lowest BCUT2D eigenvalue weighted by Crippen LogP contribution is -2.51. The number of ether oxygens (including phenoxy) is 4. The summed E-state index contributed by atoms with van der Waals surface area (Å²) in [5.41, 5.74) is 1.17. The molecule has 3 heterocycles. The van der Waals surface area contributed by atoms with E-state index in [0.29, 0.717) is 0 Å². The molecule has 1 aliphatic carbocycles. The molecule has 0 radical (unpaired) electrons. The predicted octanol–water partition coefficient (Wildman–Crippen LogP) is 2.93. The van der Waals surface area contributed by atoms with Gasteiger partial charge in [0.1, 0.15) is 24.4 Å². The number of hydrogen-bond donors (Lipinski definition) is 0. The van der Waals surface area contributed by atoms with Gasteiger partial charge < -0.3 is 18.9 Å². The number of benzene rings is 1. The zero-order valence-electron chi connectivity index (χ0n) is 11.9. The van der Waals surface area contributed by atoms with Crippen LogP contribution in [0.1, 0.15) is 43.8 Å². The van der Waals surface area contributed by atoms with Gasteiger partial charge in [0.05, 0.1) is 0 Å². The van der Waals surface area contributed by atoms with Gasteiger partial charge in [0, 0.05) is 12.8 Å². The maximum absolute atomic E-state index is 6.26. The molecular formula is C17H20O4. The van der Waals surface area contributed by atoms with E-state index in [4.69, 9.17) is 18.9 Å². The molecule has 4 heteroatoms. The highest BCUT2D eigenvalue weighted by Gasteiger charge is 2.64. The molecule has 112 valence electrons. The van der Waals surface area contributed by atoms with Crippen molar-refractivity contribution in [2.24, 2.45) is 0 Å². The SMILES string of the molecule is c1ccc([C@H]2O[C@@H]3[C@H]4OC5(CCCCC5)O[C@H]4O[C@@H]32)cc1. The van der Waals surface area contributed by atoms with Crippen molar-refractivity contribution in [3.8, 4) is 0 Å². The lowest BCUT2D eigenvalue weighted by atomic mass is 9.92. The van der Waals surface area contributed by atoms with Gasteiger partial charge in [0.15, 0.2) is 12.1 Å². The number of fused-ring (bicyclic) bond motifs is 3. The molecule has 0 amide bonds. The van der Waals surface area contributed by atoms with Crippen LogP contribution in [0.2, 0.25) is 0 Å². The highest BCUT2D eigenvalue weighted by molar-refractivity contribution is 5.23. The predicted molar refractivity (Wildman–Crippen MR) is 74.5 cm³/mol. The molecule has 1 saturated carbocycles. The van der Waals surface area contributed by atoms with Gasteiger partial charge >= 0.3 is 0 Å². The lowest BCUT2D eigenvalue weighted by molar-refractivity contribution is -0.296. The Labute approximate surface area is 124 Å². The third-order valence-electron chi connectivity index (χ3n) is 5.23. The van der Waals surface area contributed by atoms with Gasteiger partial charge in [-0.05, 0) is 18.4 Å².